The molecule has 0 radical (unpaired) electrons. The highest BCUT2D eigenvalue weighted by Gasteiger charge is 2.20. The minimum atomic E-state index is 0.667. The Hall–Kier alpha value is -1.33. The van der Waals surface area contributed by atoms with Crippen molar-refractivity contribution in [2.45, 2.75) is 33.6 Å². The van der Waals surface area contributed by atoms with Crippen LogP contribution in [-0.4, -0.2) is 42.8 Å². The van der Waals surface area contributed by atoms with Crippen LogP contribution in [-0.2, 0) is 0 Å². The Morgan fingerprint density at radius 2 is 2.04 bits per heavy atom. The number of ether oxygens (including phenoxy) is 1. The van der Waals surface area contributed by atoms with Gasteiger partial charge >= 0.3 is 0 Å². The zero-order valence-electron chi connectivity index (χ0n) is 15.2. The van der Waals surface area contributed by atoms with E-state index in [1.165, 1.54) is 19.5 Å². The van der Waals surface area contributed by atoms with E-state index in [-0.39, 0.29) is 0 Å². The van der Waals surface area contributed by atoms with E-state index in [1.807, 2.05) is 31.2 Å². The third kappa shape index (κ3) is 6.65. The van der Waals surface area contributed by atoms with Gasteiger partial charge in [0.2, 0.25) is 0 Å². The summed E-state index contributed by atoms with van der Waals surface area (Å²) in [7, 11) is 0. The molecule has 0 bridgehead atoms. The number of nitrogens with one attached hydrogen (secondary N) is 2. The molecular formula is C19H31N3OS. The second-order valence-corrected chi connectivity index (χ2v) is 7.31. The molecule has 2 atom stereocenters. The zero-order chi connectivity index (χ0) is 17.4. The first kappa shape index (κ1) is 19.0. The van der Waals surface area contributed by atoms with Crippen LogP contribution in [0.3, 0.4) is 0 Å². The third-order valence-electron chi connectivity index (χ3n) is 4.28. The Morgan fingerprint density at radius 1 is 1.29 bits per heavy atom. The fourth-order valence-corrected chi connectivity index (χ4v) is 3.70. The maximum Gasteiger partial charge on any atom is 0.170 e. The topological polar surface area (TPSA) is 36.5 Å². The van der Waals surface area contributed by atoms with Gasteiger partial charge in [0, 0.05) is 31.4 Å². The molecular weight excluding hydrogens is 318 g/mol. The molecule has 0 saturated carbocycles. The lowest BCUT2D eigenvalue weighted by molar-refractivity contribution is 0.140. The number of piperidine rings is 1. The minimum absolute atomic E-state index is 0.667. The lowest BCUT2D eigenvalue weighted by Crippen LogP contribution is -2.40. The molecule has 1 saturated heterocycles. The number of nitrogens with zero attached hydrogens (tertiary/aromatic N) is 1. The molecule has 1 aliphatic rings. The first-order valence-electron chi connectivity index (χ1n) is 9.07. The van der Waals surface area contributed by atoms with Gasteiger partial charge in [-0.1, -0.05) is 19.9 Å². The molecule has 0 amide bonds. The van der Waals surface area contributed by atoms with E-state index in [2.05, 4.69) is 29.4 Å². The van der Waals surface area contributed by atoms with Gasteiger partial charge in [-0.05, 0) is 62.5 Å². The van der Waals surface area contributed by atoms with Crippen molar-refractivity contribution >= 4 is 23.0 Å². The summed E-state index contributed by atoms with van der Waals surface area (Å²) in [5, 5.41) is 7.19. The molecule has 2 N–H and O–H groups in total. The summed E-state index contributed by atoms with van der Waals surface area (Å²) < 4.78 is 5.50. The molecule has 5 heteroatoms. The molecule has 0 spiro atoms. The van der Waals surface area contributed by atoms with E-state index >= 15 is 0 Å². The Labute approximate surface area is 152 Å². The number of benzene rings is 1. The third-order valence-corrected chi connectivity index (χ3v) is 4.53. The van der Waals surface area contributed by atoms with Crippen molar-refractivity contribution in [3.63, 3.8) is 0 Å². The van der Waals surface area contributed by atoms with Crippen LogP contribution in [0, 0.1) is 11.8 Å². The van der Waals surface area contributed by atoms with Crippen molar-refractivity contribution in [2.24, 2.45) is 11.8 Å². The highest BCUT2D eigenvalue weighted by molar-refractivity contribution is 7.80. The average molecular weight is 350 g/mol. The van der Waals surface area contributed by atoms with Crippen LogP contribution in [0.1, 0.15) is 33.6 Å². The SMILES string of the molecule is CCOc1cccc(NC(=S)NCCCN2C[C@H](C)C[C@@H](C)C2)c1. The number of rotatable bonds is 7. The number of hydrogen-bond acceptors (Lipinski definition) is 3. The van der Waals surface area contributed by atoms with Crippen LogP contribution < -0.4 is 15.4 Å². The van der Waals surface area contributed by atoms with Crippen LogP contribution in [0.2, 0.25) is 0 Å². The fourth-order valence-electron chi connectivity index (χ4n) is 3.48. The molecule has 1 heterocycles. The lowest BCUT2D eigenvalue weighted by Gasteiger charge is -2.35. The number of hydrogen-bond donors (Lipinski definition) is 2. The monoisotopic (exact) mass is 349 g/mol. The molecule has 1 aromatic carbocycles. The highest BCUT2D eigenvalue weighted by atomic mass is 32.1. The first-order chi connectivity index (χ1) is 11.6. The van der Waals surface area contributed by atoms with Gasteiger partial charge in [0.15, 0.2) is 5.11 Å². The summed E-state index contributed by atoms with van der Waals surface area (Å²) in [4.78, 5) is 2.59. The molecule has 0 aromatic heterocycles. The van der Waals surface area contributed by atoms with E-state index in [0.29, 0.717) is 11.7 Å². The maximum atomic E-state index is 5.50. The van der Waals surface area contributed by atoms with Gasteiger partial charge in [0.25, 0.3) is 0 Å². The zero-order valence-corrected chi connectivity index (χ0v) is 16.0. The van der Waals surface area contributed by atoms with Crippen molar-refractivity contribution in [1.29, 1.82) is 0 Å². The number of likely N-dealkylation sites (tertiary alicyclic amines) is 1. The summed E-state index contributed by atoms with van der Waals surface area (Å²) >= 11 is 5.37. The van der Waals surface area contributed by atoms with Gasteiger partial charge in [0.1, 0.15) is 5.75 Å². The summed E-state index contributed by atoms with van der Waals surface area (Å²) in [5.74, 6) is 2.50. The van der Waals surface area contributed by atoms with Gasteiger partial charge < -0.3 is 20.3 Å². The van der Waals surface area contributed by atoms with Gasteiger partial charge in [-0.2, -0.15) is 0 Å². The first-order valence-corrected chi connectivity index (χ1v) is 9.47. The van der Waals surface area contributed by atoms with E-state index in [4.69, 9.17) is 17.0 Å². The Balaban J connectivity index is 1.65. The molecule has 1 aliphatic heterocycles. The van der Waals surface area contributed by atoms with Crippen LogP contribution in [0.15, 0.2) is 24.3 Å². The Morgan fingerprint density at radius 3 is 2.75 bits per heavy atom. The fraction of sp³-hybridized carbons (Fsp3) is 0.632. The quantitative estimate of drug-likeness (QED) is 0.579. The molecule has 24 heavy (non-hydrogen) atoms. The van der Waals surface area contributed by atoms with Crippen LogP contribution >= 0.6 is 12.2 Å². The second kappa shape index (κ2) is 9.84. The van der Waals surface area contributed by atoms with Crippen LogP contribution in [0.25, 0.3) is 0 Å². The highest BCUT2D eigenvalue weighted by Crippen LogP contribution is 2.20. The number of anilines is 1. The van der Waals surface area contributed by atoms with Crippen LogP contribution in [0.4, 0.5) is 5.69 Å². The summed E-state index contributed by atoms with van der Waals surface area (Å²) in [6.07, 6.45) is 2.48. The van der Waals surface area contributed by atoms with E-state index in [1.54, 1.807) is 0 Å². The summed E-state index contributed by atoms with van der Waals surface area (Å²) in [6, 6.07) is 7.88. The van der Waals surface area contributed by atoms with Crippen molar-refractivity contribution in [3.8, 4) is 5.75 Å². The van der Waals surface area contributed by atoms with Crippen molar-refractivity contribution in [2.75, 3.05) is 38.1 Å². The molecule has 1 aromatic rings. The largest absolute Gasteiger partial charge is 0.494 e. The number of thiocarbonyl (C=S) groups is 1. The molecule has 1 fully saturated rings. The van der Waals surface area contributed by atoms with Crippen LogP contribution in [0.5, 0.6) is 5.75 Å². The summed E-state index contributed by atoms with van der Waals surface area (Å²) in [5.41, 5.74) is 0.956. The molecule has 2 rings (SSSR count). The van der Waals surface area contributed by atoms with E-state index in [0.717, 1.165) is 42.8 Å². The average Bonchev–Trinajstić information content (AvgIpc) is 2.51. The normalized spacial score (nSPS) is 21.3. The molecule has 0 unspecified atom stereocenters. The Bertz CT molecular complexity index is 513. The Kier molecular flexibility index (Phi) is 7.79. The smallest absolute Gasteiger partial charge is 0.170 e. The minimum Gasteiger partial charge on any atom is -0.494 e. The van der Waals surface area contributed by atoms with Gasteiger partial charge in [-0.3, -0.25) is 0 Å². The predicted octanol–water partition coefficient (Wildman–Crippen LogP) is 3.74. The molecule has 134 valence electrons. The molecule has 0 aliphatic carbocycles. The predicted molar refractivity (Wildman–Crippen MR) is 106 cm³/mol. The van der Waals surface area contributed by atoms with E-state index in [9.17, 15) is 0 Å². The van der Waals surface area contributed by atoms with Gasteiger partial charge in [-0.15, -0.1) is 0 Å². The molecule has 4 nitrogen and oxygen atoms in total. The second-order valence-electron chi connectivity index (χ2n) is 6.90. The van der Waals surface area contributed by atoms with Crippen molar-refractivity contribution in [3.05, 3.63) is 24.3 Å². The standard InChI is InChI=1S/C19H31N3OS/c1-4-23-18-8-5-7-17(12-18)21-19(24)20-9-6-10-22-13-15(2)11-16(3)14-22/h5,7-8,12,15-16H,4,6,9-11,13-14H2,1-3H3,(H2,20,21,24)/t15-,16-/m1/s1. The summed E-state index contributed by atoms with van der Waals surface area (Å²) in [6.45, 7) is 11.9. The van der Waals surface area contributed by atoms with Crippen molar-refractivity contribution < 1.29 is 4.74 Å². The van der Waals surface area contributed by atoms with Gasteiger partial charge in [-0.25, -0.2) is 0 Å². The van der Waals surface area contributed by atoms with Crippen molar-refractivity contribution in [1.82, 2.24) is 10.2 Å². The maximum absolute atomic E-state index is 5.50. The van der Waals surface area contributed by atoms with Gasteiger partial charge in [0.05, 0.1) is 6.61 Å². The van der Waals surface area contributed by atoms with E-state index < -0.39 is 0 Å². The lowest BCUT2D eigenvalue weighted by atomic mass is 9.92.